The van der Waals surface area contributed by atoms with Crippen LogP contribution in [-0.2, 0) is 14.8 Å². The zero-order valence-corrected chi connectivity index (χ0v) is 19.3. The van der Waals surface area contributed by atoms with Crippen molar-refractivity contribution >= 4 is 33.8 Å². The van der Waals surface area contributed by atoms with Gasteiger partial charge in [0.1, 0.15) is 12.3 Å². The van der Waals surface area contributed by atoms with E-state index in [9.17, 15) is 18.0 Å². The van der Waals surface area contributed by atoms with Crippen LogP contribution in [0.25, 0.3) is 0 Å². The van der Waals surface area contributed by atoms with Crippen LogP contribution in [0.3, 0.4) is 0 Å². The van der Waals surface area contributed by atoms with Crippen molar-refractivity contribution < 1.29 is 27.9 Å². The molecular formula is C24H23N3O6S. The highest BCUT2D eigenvalue weighted by Crippen LogP contribution is 2.32. The smallest absolute Gasteiger partial charge is 0.335 e. The average molecular weight is 482 g/mol. The maximum Gasteiger partial charge on any atom is 0.335 e. The number of aromatic carboxylic acids is 1. The Morgan fingerprint density at radius 2 is 1.68 bits per heavy atom. The van der Waals surface area contributed by atoms with Gasteiger partial charge in [-0.25, -0.2) is 18.6 Å². The number of carbonyl (C=O) groups excluding carboxylic acids is 1. The number of carboxylic acids is 1. The van der Waals surface area contributed by atoms with Gasteiger partial charge in [-0.3, -0.25) is 9.10 Å². The normalized spacial score (nSPS) is 11.2. The number of aryl methyl sites for hydroxylation is 1. The Labute approximate surface area is 197 Å². The van der Waals surface area contributed by atoms with Gasteiger partial charge in [0, 0.05) is 0 Å². The number of methoxy groups -OCH3 is 1. The number of carboxylic acid groups (broad SMARTS) is 1. The van der Waals surface area contributed by atoms with Crippen molar-refractivity contribution in [3.63, 3.8) is 0 Å². The summed E-state index contributed by atoms with van der Waals surface area (Å²) in [5.41, 5.74) is 4.08. The molecule has 0 spiro atoms. The van der Waals surface area contributed by atoms with Crippen molar-refractivity contribution in [3.8, 4) is 5.75 Å². The molecule has 3 aromatic carbocycles. The molecule has 0 atom stereocenters. The van der Waals surface area contributed by atoms with E-state index in [0.29, 0.717) is 5.56 Å². The molecule has 0 aromatic heterocycles. The third-order valence-electron chi connectivity index (χ3n) is 4.81. The molecule has 0 fully saturated rings. The number of ether oxygens (including phenoxy) is 1. The molecule has 34 heavy (non-hydrogen) atoms. The standard InChI is InChI=1S/C24H23N3O6S/c1-17-7-13-20(14-8-17)34(31,32)27(21-5-3-4-6-22(21)33-2)16-23(28)26-25-15-18-9-11-19(12-10-18)24(29)30/h3-15H,16H2,1-2H3,(H,26,28)(H,29,30)/b25-15-. The van der Waals surface area contributed by atoms with Crippen molar-refractivity contribution in [1.29, 1.82) is 0 Å². The van der Waals surface area contributed by atoms with E-state index in [1.165, 1.54) is 49.7 Å². The Hall–Kier alpha value is -4.18. The Balaban J connectivity index is 1.84. The average Bonchev–Trinajstić information content (AvgIpc) is 2.83. The van der Waals surface area contributed by atoms with Crippen LogP contribution in [0.1, 0.15) is 21.5 Å². The molecule has 1 amide bonds. The molecular weight excluding hydrogens is 458 g/mol. The largest absolute Gasteiger partial charge is 0.495 e. The molecule has 0 heterocycles. The molecule has 3 rings (SSSR count). The lowest BCUT2D eigenvalue weighted by Gasteiger charge is -2.25. The zero-order chi connectivity index (χ0) is 24.7. The number of para-hydroxylation sites is 2. The minimum atomic E-state index is -4.10. The minimum absolute atomic E-state index is 0.0267. The van der Waals surface area contributed by atoms with Crippen molar-refractivity contribution in [2.45, 2.75) is 11.8 Å². The van der Waals surface area contributed by atoms with Crippen LogP contribution in [0.2, 0.25) is 0 Å². The van der Waals surface area contributed by atoms with Crippen molar-refractivity contribution in [2.24, 2.45) is 5.10 Å². The topological polar surface area (TPSA) is 125 Å². The van der Waals surface area contributed by atoms with E-state index in [-0.39, 0.29) is 21.9 Å². The monoisotopic (exact) mass is 481 g/mol. The lowest BCUT2D eigenvalue weighted by atomic mass is 10.1. The van der Waals surface area contributed by atoms with Crippen LogP contribution in [0.5, 0.6) is 5.75 Å². The highest BCUT2D eigenvalue weighted by Gasteiger charge is 2.29. The molecule has 0 saturated carbocycles. The predicted octanol–water partition coefficient (Wildman–Crippen LogP) is 3.05. The summed E-state index contributed by atoms with van der Waals surface area (Å²) in [5, 5.41) is 12.8. The van der Waals surface area contributed by atoms with Gasteiger partial charge in [0.25, 0.3) is 15.9 Å². The summed E-state index contributed by atoms with van der Waals surface area (Å²) in [5.74, 6) is -1.45. The van der Waals surface area contributed by atoms with E-state index in [2.05, 4.69) is 10.5 Å². The number of hydrazone groups is 1. The molecule has 0 radical (unpaired) electrons. The van der Waals surface area contributed by atoms with Gasteiger partial charge in [0.2, 0.25) is 0 Å². The molecule has 0 bridgehead atoms. The summed E-state index contributed by atoms with van der Waals surface area (Å²) >= 11 is 0. The summed E-state index contributed by atoms with van der Waals surface area (Å²) in [7, 11) is -2.69. The van der Waals surface area contributed by atoms with Gasteiger partial charge in [-0.15, -0.1) is 0 Å². The number of anilines is 1. The Kier molecular flexibility index (Phi) is 7.64. The summed E-state index contributed by atoms with van der Waals surface area (Å²) < 4.78 is 33.1. The van der Waals surface area contributed by atoms with Crippen molar-refractivity contribution in [3.05, 3.63) is 89.5 Å². The van der Waals surface area contributed by atoms with Crippen LogP contribution in [0.15, 0.2) is 82.8 Å². The van der Waals surface area contributed by atoms with Crippen molar-refractivity contribution in [1.82, 2.24) is 5.43 Å². The van der Waals surface area contributed by atoms with Gasteiger partial charge >= 0.3 is 5.97 Å². The first-order valence-electron chi connectivity index (χ1n) is 10.1. The van der Waals surface area contributed by atoms with Gasteiger partial charge in [-0.05, 0) is 48.9 Å². The number of amides is 1. The molecule has 0 unspecified atom stereocenters. The summed E-state index contributed by atoms with van der Waals surface area (Å²) in [6.45, 7) is 1.29. The molecule has 2 N–H and O–H groups in total. The number of sulfonamides is 1. The Morgan fingerprint density at radius 3 is 2.29 bits per heavy atom. The summed E-state index contributed by atoms with van der Waals surface area (Å²) in [4.78, 5) is 23.6. The highest BCUT2D eigenvalue weighted by molar-refractivity contribution is 7.92. The third kappa shape index (κ3) is 5.78. The maximum atomic E-state index is 13.4. The fourth-order valence-corrected chi connectivity index (χ4v) is 4.46. The van der Waals surface area contributed by atoms with Crippen LogP contribution in [0.4, 0.5) is 5.69 Å². The Bertz CT molecular complexity index is 1300. The van der Waals surface area contributed by atoms with Crippen LogP contribution >= 0.6 is 0 Å². The van der Waals surface area contributed by atoms with Gasteiger partial charge in [-0.1, -0.05) is 42.0 Å². The molecule has 0 aliphatic rings. The number of nitrogens with zero attached hydrogens (tertiary/aromatic N) is 2. The molecule has 0 aliphatic carbocycles. The zero-order valence-electron chi connectivity index (χ0n) is 18.5. The molecule has 176 valence electrons. The molecule has 3 aromatic rings. The summed E-state index contributed by atoms with van der Waals surface area (Å²) in [6, 6.07) is 18.7. The van der Waals surface area contributed by atoms with Crippen LogP contribution in [0, 0.1) is 6.92 Å². The second kappa shape index (κ2) is 10.6. The lowest BCUT2D eigenvalue weighted by molar-refractivity contribution is -0.119. The quantitative estimate of drug-likeness (QED) is 0.357. The fraction of sp³-hybridized carbons (Fsp3) is 0.125. The number of hydrogen-bond donors (Lipinski definition) is 2. The highest BCUT2D eigenvalue weighted by atomic mass is 32.2. The number of benzene rings is 3. The molecule has 10 heteroatoms. The van der Waals surface area contributed by atoms with Gasteiger partial charge in [0.15, 0.2) is 0 Å². The van der Waals surface area contributed by atoms with E-state index in [0.717, 1.165) is 9.87 Å². The van der Waals surface area contributed by atoms with Crippen LogP contribution in [-0.4, -0.2) is 45.3 Å². The SMILES string of the molecule is COc1ccccc1N(CC(=O)N/N=C\c1ccc(C(=O)O)cc1)S(=O)(=O)c1ccc(C)cc1. The second-order valence-electron chi connectivity index (χ2n) is 7.22. The minimum Gasteiger partial charge on any atom is -0.495 e. The second-order valence-corrected chi connectivity index (χ2v) is 9.08. The lowest BCUT2D eigenvalue weighted by Crippen LogP contribution is -2.39. The van der Waals surface area contributed by atoms with Gasteiger partial charge < -0.3 is 9.84 Å². The molecule has 0 aliphatic heterocycles. The maximum absolute atomic E-state index is 13.4. The van der Waals surface area contributed by atoms with Crippen LogP contribution < -0.4 is 14.5 Å². The van der Waals surface area contributed by atoms with E-state index in [1.807, 2.05) is 6.92 Å². The fourth-order valence-electron chi connectivity index (χ4n) is 3.03. The van der Waals surface area contributed by atoms with E-state index in [1.54, 1.807) is 36.4 Å². The number of carbonyl (C=O) groups is 2. The number of hydrogen-bond acceptors (Lipinski definition) is 6. The molecule has 9 nitrogen and oxygen atoms in total. The first kappa shape index (κ1) is 24.5. The first-order chi connectivity index (χ1) is 16.2. The summed E-state index contributed by atoms with van der Waals surface area (Å²) in [6.07, 6.45) is 1.32. The van der Waals surface area contributed by atoms with Gasteiger partial charge in [0.05, 0.1) is 29.5 Å². The van der Waals surface area contributed by atoms with E-state index < -0.39 is 28.4 Å². The molecule has 0 saturated heterocycles. The Morgan fingerprint density at radius 1 is 1.03 bits per heavy atom. The predicted molar refractivity (Wildman–Crippen MR) is 128 cm³/mol. The number of rotatable bonds is 9. The van der Waals surface area contributed by atoms with Gasteiger partial charge in [-0.2, -0.15) is 5.10 Å². The number of nitrogens with one attached hydrogen (secondary N) is 1. The first-order valence-corrected chi connectivity index (χ1v) is 11.5. The van der Waals surface area contributed by atoms with E-state index >= 15 is 0 Å². The third-order valence-corrected chi connectivity index (χ3v) is 6.58. The van der Waals surface area contributed by atoms with Crippen molar-refractivity contribution in [2.75, 3.05) is 18.0 Å². The van der Waals surface area contributed by atoms with E-state index in [4.69, 9.17) is 9.84 Å².